The van der Waals surface area contributed by atoms with Crippen LogP contribution in [0, 0.1) is 5.82 Å². The van der Waals surface area contributed by atoms with Crippen LogP contribution in [0.1, 0.15) is 64.8 Å². The molecule has 1 aromatic heterocycles. The van der Waals surface area contributed by atoms with Gasteiger partial charge in [0.15, 0.2) is 0 Å². The van der Waals surface area contributed by atoms with Crippen molar-refractivity contribution in [2.45, 2.75) is 83.7 Å². The summed E-state index contributed by atoms with van der Waals surface area (Å²) in [6, 6.07) is 8.34. The lowest BCUT2D eigenvalue weighted by Gasteiger charge is -2.46. The fourth-order valence-electron chi connectivity index (χ4n) is 6.52. The summed E-state index contributed by atoms with van der Waals surface area (Å²) in [5.74, 6) is -0.316. The Hall–Kier alpha value is -3.11. The summed E-state index contributed by atoms with van der Waals surface area (Å²) in [6.45, 7) is 14.8. The van der Waals surface area contributed by atoms with Gasteiger partial charge in [-0.3, -0.25) is 19.6 Å². The summed E-state index contributed by atoms with van der Waals surface area (Å²) in [4.78, 5) is 39.7. The quantitative estimate of drug-likeness (QED) is 0.477. The number of benzene rings is 1. The van der Waals surface area contributed by atoms with Crippen molar-refractivity contribution in [3.8, 4) is 0 Å². The maximum Gasteiger partial charge on any atom is 0.410 e. The van der Waals surface area contributed by atoms with E-state index in [4.69, 9.17) is 9.72 Å². The van der Waals surface area contributed by atoms with Crippen molar-refractivity contribution in [1.29, 1.82) is 0 Å². The predicted molar refractivity (Wildman–Crippen MR) is 163 cm³/mol. The molecule has 1 aromatic carbocycles. The first-order valence-electron chi connectivity index (χ1n) is 15.3. The average Bonchev–Trinajstić information content (AvgIpc) is 3.44. The third-order valence-electron chi connectivity index (χ3n) is 8.67. The standard InChI is InChI=1S/C33H45F2N5O3/c1-22-16-38(26(18-37-12-11-25(34)17-37)19-39(22)31(42)43-32(2,3)4)20-29(41)40-21-33(5,6)30-28(40)14-23(15-36-30)13-24-9-7-8-10-27(24)35/h7-10,14-15,22,25-26H,11-13,16-21H2,1-6H3/t22-,25?,26+/m1/s1. The second kappa shape index (κ2) is 12.1. The maximum absolute atomic E-state index is 14.4. The number of piperazine rings is 1. The minimum absolute atomic E-state index is 0.0515. The van der Waals surface area contributed by atoms with E-state index >= 15 is 0 Å². The topological polar surface area (TPSA) is 69.2 Å². The summed E-state index contributed by atoms with van der Waals surface area (Å²) in [6.07, 6.45) is 1.44. The number of anilines is 1. The molecule has 43 heavy (non-hydrogen) atoms. The Labute approximate surface area is 254 Å². The van der Waals surface area contributed by atoms with Crippen LogP contribution in [0.3, 0.4) is 0 Å². The molecular weight excluding hydrogens is 552 g/mol. The molecule has 2 fully saturated rings. The lowest BCUT2D eigenvalue weighted by atomic mass is 9.91. The zero-order valence-electron chi connectivity index (χ0n) is 26.3. The monoisotopic (exact) mass is 597 g/mol. The second-order valence-electron chi connectivity index (χ2n) is 14.1. The Balaban J connectivity index is 1.36. The number of hydrogen-bond donors (Lipinski definition) is 0. The zero-order valence-corrected chi connectivity index (χ0v) is 26.3. The molecule has 0 spiro atoms. The SMILES string of the molecule is C[C@@H]1CN(CC(=O)N2CC(C)(C)c3ncc(Cc4ccccc4F)cc32)[C@@H](CN2CCC(F)C2)CN1C(=O)OC(C)(C)C. The van der Waals surface area contributed by atoms with Crippen LogP contribution in [0.25, 0.3) is 0 Å². The predicted octanol–water partition coefficient (Wildman–Crippen LogP) is 4.79. The van der Waals surface area contributed by atoms with E-state index in [2.05, 4.69) is 23.6 Å². The van der Waals surface area contributed by atoms with Crippen LogP contribution < -0.4 is 4.90 Å². The molecule has 0 N–H and O–H groups in total. The van der Waals surface area contributed by atoms with Crippen molar-refractivity contribution in [3.05, 3.63) is 59.2 Å². The number of aromatic nitrogens is 1. The van der Waals surface area contributed by atoms with E-state index in [0.29, 0.717) is 57.7 Å². The van der Waals surface area contributed by atoms with E-state index in [-0.39, 0.29) is 41.9 Å². The molecule has 5 rings (SSSR count). The Morgan fingerprint density at radius 2 is 1.88 bits per heavy atom. The van der Waals surface area contributed by atoms with Crippen LogP contribution in [-0.2, 0) is 21.4 Å². The first kappa shape index (κ1) is 31.3. The molecule has 4 heterocycles. The molecule has 8 nitrogen and oxygen atoms in total. The Kier molecular flexibility index (Phi) is 8.82. The molecule has 0 radical (unpaired) electrons. The van der Waals surface area contributed by atoms with Crippen LogP contribution in [-0.4, -0.2) is 101 Å². The van der Waals surface area contributed by atoms with E-state index in [1.165, 1.54) is 6.07 Å². The third-order valence-corrected chi connectivity index (χ3v) is 8.67. The number of hydrogen-bond acceptors (Lipinski definition) is 6. The van der Waals surface area contributed by atoms with Crippen molar-refractivity contribution in [1.82, 2.24) is 19.7 Å². The number of fused-ring (bicyclic) bond motifs is 1. The number of carbonyl (C=O) groups is 2. The van der Waals surface area contributed by atoms with E-state index < -0.39 is 11.8 Å². The zero-order chi connectivity index (χ0) is 31.1. The smallest absolute Gasteiger partial charge is 0.410 e. The number of alkyl halides is 1. The Morgan fingerprint density at radius 1 is 1.14 bits per heavy atom. The second-order valence-corrected chi connectivity index (χ2v) is 14.1. The Morgan fingerprint density at radius 3 is 2.56 bits per heavy atom. The van der Waals surface area contributed by atoms with Crippen LogP contribution in [0.15, 0.2) is 36.5 Å². The summed E-state index contributed by atoms with van der Waals surface area (Å²) in [5, 5.41) is 0. The number of rotatable bonds is 6. The van der Waals surface area contributed by atoms with Gasteiger partial charge in [0.25, 0.3) is 0 Å². The van der Waals surface area contributed by atoms with Gasteiger partial charge in [-0.15, -0.1) is 0 Å². The highest BCUT2D eigenvalue weighted by atomic mass is 19.1. The molecule has 2 saturated heterocycles. The van der Waals surface area contributed by atoms with Crippen LogP contribution in [0.2, 0.25) is 0 Å². The van der Waals surface area contributed by atoms with Gasteiger partial charge >= 0.3 is 6.09 Å². The van der Waals surface area contributed by atoms with Gasteiger partial charge in [-0.1, -0.05) is 32.0 Å². The normalized spacial score (nSPS) is 24.3. The van der Waals surface area contributed by atoms with Gasteiger partial charge in [0.1, 0.15) is 17.6 Å². The molecule has 3 aliphatic heterocycles. The first-order valence-corrected chi connectivity index (χ1v) is 15.3. The summed E-state index contributed by atoms with van der Waals surface area (Å²) < 4.78 is 34.1. The minimum atomic E-state index is -0.853. The van der Waals surface area contributed by atoms with Gasteiger partial charge in [0.2, 0.25) is 5.91 Å². The van der Waals surface area contributed by atoms with Gasteiger partial charge in [-0.25, -0.2) is 13.6 Å². The highest BCUT2D eigenvalue weighted by Crippen LogP contribution is 2.40. The average molecular weight is 598 g/mol. The van der Waals surface area contributed by atoms with Crippen LogP contribution >= 0.6 is 0 Å². The van der Waals surface area contributed by atoms with Gasteiger partial charge in [-0.05, 0) is 57.4 Å². The van der Waals surface area contributed by atoms with Crippen molar-refractivity contribution < 1.29 is 23.1 Å². The molecule has 0 saturated carbocycles. The number of likely N-dealkylation sites (tertiary alicyclic amines) is 1. The number of amides is 2. The lowest BCUT2D eigenvalue weighted by molar-refractivity contribution is -0.121. The first-order chi connectivity index (χ1) is 20.2. The third kappa shape index (κ3) is 7.17. The number of nitrogens with zero attached hydrogens (tertiary/aromatic N) is 5. The van der Waals surface area contributed by atoms with E-state index in [0.717, 1.165) is 16.9 Å². The molecule has 10 heteroatoms. The van der Waals surface area contributed by atoms with Crippen molar-refractivity contribution >= 4 is 17.7 Å². The highest BCUT2D eigenvalue weighted by Gasteiger charge is 2.43. The number of pyridine rings is 1. The minimum Gasteiger partial charge on any atom is -0.444 e. The number of halogens is 2. The van der Waals surface area contributed by atoms with Crippen molar-refractivity contribution in [2.24, 2.45) is 0 Å². The lowest BCUT2D eigenvalue weighted by Crippen LogP contribution is -2.63. The van der Waals surface area contributed by atoms with Crippen molar-refractivity contribution in [2.75, 3.05) is 50.7 Å². The highest BCUT2D eigenvalue weighted by molar-refractivity contribution is 5.97. The molecule has 1 unspecified atom stereocenters. The fourth-order valence-corrected chi connectivity index (χ4v) is 6.52. The molecular formula is C33H45F2N5O3. The molecule has 2 aromatic rings. The van der Waals surface area contributed by atoms with Crippen LogP contribution in [0.4, 0.5) is 19.3 Å². The molecule has 0 bridgehead atoms. The largest absolute Gasteiger partial charge is 0.444 e. The maximum atomic E-state index is 14.4. The Bertz CT molecular complexity index is 1350. The molecule has 3 atom stereocenters. The molecule has 2 amide bonds. The summed E-state index contributed by atoms with van der Waals surface area (Å²) in [5.41, 5.74) is 2.08. The summed E-state index contributed by atoms with van der Waals surface area (Å²) >= 11 is 0. The van der Waals surface area contributed by atoms with Crippen molar-refractivity contribution in [3.63, 3.8) is 0 Å². The fraction of sp³-hybridized carbons (Fsp3) is 0.606. The van der Waals surface area contributed by atoms with Crippen LogP contribution in [0.5, 0.6) is 0 Å². The molecule has 234 valence electrons. The van der Waals surface area contributed by atoms with Gasteiger partial charge in [-0.2, -0.15) is 0 Å². The molecule has 3 aliphatic rings. The summed E-state index contributed by atoms with van der Waals surface area (Å²) in [7, 11) is 0. The van der Waals surface area contributed by atoms with E-state index in [9.17, 15) is 18.4 Å². The molecule has 0 aliphatic carbocycles. The van der Waals surface area contributed by atoms with E-state index in [1.54, 1.807) is 23.2 Å². The van der Waals surface area contributed by atoms with E-state index in [1.807, 2.05) is 44.7 Å². The van der Waals surface area contributed by atoms with Gasteiger partial charge in [0, 0.05) is 69.4 Å². The number of carbonyl (C=O) groups excluding carboxylic acids is 2. The number of ether oxygens (including phenoxy) is 1. The van der Waals surface area contributed by atoms with Gasteiger partial charge < -0.3 is 14.5 Å². The van der Waals surface area contributed by atoms with Gasteiger partial charge in [0.05, 0.1) is 17.9 Å².